The number of hydrogen-bond acceptors (Lipinski definition) is 9. The van der Waals surface area contributed by atoms with E-state index in [1.807, 2.05) is 13.0 Å². The number of Topliss-reactive ketones (excluding diaryl/α,β-unsaturated/α-hetero) is 1. The monoisotopic (exact) mass is 598 g/mol. The fraction of sp³-hybridized carbons (Fsp3) is 0.148. The number of ether oxygens (including phenoxy) is 1. The fourth-order valence-corrected chi connectivity index (χ4v) is 6.49. The smallest absolute Gasteiger partial charge is 0.301 e. The lowest BCUT2D eigenvalue weighted by Gasteiger charge is -2.22. The van der Waals surface area contributed by atoms with Crippen molar-refractivity contribution < 1.29 is 19.4 Å². The van der Waals surface area contributed by atoms with Crippen LogP contribution in [0.1, 0.15) is 29.7 Å². The van der Waals surface area contributed by atoms with E-state index < -0.39 is 17.7 Å². The van der Waals surface area contributed by atoms with Crippen LogP contribution in [-0.4, -0.2) is 38.6 Å². The summed E-state index contributed by atoms with van der Waals surface area (Å²) in [5.74, 6) is -0.775. The summed E-state index contributed by atoms with van der Waals surface area (Å²) in [6.45, 7) is 2.37. The minimum absolute atomic E-state index is 0.0484. The lowest BCUT2D eigenvalue weighted by atomic mass is 9.95. The number of carbonyl (C=O) groups is 2. The van der Waals surface area contributed by atoms with Crippen molar-refractivity contribution in [1.82, 2.24) is 15.2 Å². The largest absolute Gasteiger partial charge is 0.507 e. The third-order valence-corrected chi connectivity index (χ3v) is 8.56. The van der Waals surface area contributed by atoms with Crippen LogP contribution in [0.15, 0.2) is 76.9 Å². The molecule has 0 saturated carbocycles. The van der Waals surface area contributed by atoms with Gasteiger partial charge in [-0.05, 0) is 54.4 Å². The van der Waals surface area contributed by atoms with Gasteiger partial charge in [0.1, 0.15) is 11.5 Å². The van der Waals surface area contributed by atoms with E-state index >= 15 is 0 Å². The van der Waals surface area contributed by atoms with Gasteiger partial charge in [0.05, 0.1) is 18.2 Å². The summed E-state index contributed by atoms with van der Waals surface area (Å²) in [6.07, 6.45) is 3.00. The Morgan fingerprint density at radius 3 is 2.51 bits per heavy atom. The number of aliphatic hydroxyl groups excluding tert-OH is 1. The zero-order chi connectivity index (χ0) is 27.5. The van der Waals surface area contributed by atoms with Crippen molar-refractivity contribution in [2.45, 2.75) is 23.1 Å². The van der Waals surface area contributed by atoms with E-state index in [1.165, 1.54) is 40.4 Å². The normalized spacial score (nSPS) is 16.6. The highest BCUT2D eigenvalue weighted by Crippen LogP contribution is 2.44. The van der Waals surface area contributed by atoms with Gasteiger partial charge in [0, 0.05) is 33.8 Å². The van der Waals surface area contributed by atoms with Gasteiger partial charge >= 0.3 is 5.91 Å². The molecule has 1 fully saturated rings. The Balaban J connectivity index is 1.52. The summed E-state index contributed by atoms with van der Waals surface area (Å²) in [6, 6.07) is 14.5. The van der Waals surface area contributed by atoms with Gasteiger partial charge < -0.3 is 9.84 Å². The van der Waals surface area contributed by atoms with E-state index in [9.17, 15) is 14.7 Å². The number of thioether (sulfide) groups is 1. The molecule has 5 rings (SSSR count). The van der Waals surface area contributed by atoms with Gasteiger partial charge in [0.15, 0.2) is 4.34 Å². The SMILES string of the molecule is CCOc1ccc(C2C(=C(O)c3ccncc3)C(=O)C(=O)N2c2nnc(SCc3ccc(Cl)cc3Cl)s2)cc1. The Labute approximate surface area is 242 Å². The molecule has 0 aliphatic carbocycles. The van der Waals surface area contributed by atoms with Gasteiger partial charge in [-0.2, -0.15) is 0 Å². The highest BCUT2D eigenvalue weighted by molar-refractivity contribution is 8.00. The molecule has 0 spiro atoms. The molecule has 4 aromatic rings. The van der Waals surface area contributed by atoms with Crippen LogP contribution >= 0.6 is 46.3 Å². The molecule has 1 aliphatic heterocycles. The van der Waals surface area contributed by atoms with Crippen LogP contribution in [0.5, 0.6) is 5.75 Å². The zero-order valence-corrected chi connectivity index (χ0v) is 23.5. The second kappa shape index (κ2) is 11.7. The van der Waals surface area contributed by atoms with Crippen LogP contribution in [0.3, 0.4) is 0 Å². The third kappa shape index (κ3) is 5.65. The van der Waals surface area contributed by atoms with Crippen molar-refractivity contribution in [2.24, 2.45) is 0 Å². The number of rotatable bonds is 8. The van der Waals surface area contributed by atoms with E-state index in [0.29, 0.717) is 43.6 Å². The van der Waals surface area contributed by atoms with Gasteiger partial charge in [-0.3, -0.25) is 19.5 Å². The number of pyridine rings is 1. The van der Waals surface area contributed by atoms with Crippen LogP contribution in [0, 0.1) is 0 Å². The second-order valence-electron chi connectivity index (χ2n) is 8.28. The Morgan fingerprint density at radius 1 is 1.08 bits per heavy atom. The molecule has 198 valence electrons. The molecule has 12 heteroatoms. The number of hydrogen-bond donors (Lipinski definition) is 1. The molecule has 39 heavy (non-hydrogen) atoms. The molecular formula is C27H20Cl2N4O4S2. The van der Waals surface area contributed by atoms with E-state index in [-0.39, 0.29) is 16.5 Å². The molecule has 1 saturated heterocycles. The van der Waals surface area contributed by atoms with Crippen molar-refractivity contribution in [3.8, 4) is 5.75 Å². The quantitative estimate of drug-likeness (QED) is 0.0799. The molecule has 2 aromatic carbocycles. The number of aliphatic hydroxyl groups is 1. The summed E-state index contributed by atoms with van der Waals surface area (Å²) in [5, 5.41) is 20.9. The van der Waals surface area contributed by atoms with Gasteiger partial charge in [0.2, 0.25) is 5.13 Å². The molecule has 3 heterocycles. The van der Waals surface area contributed by atoms with Gasteiger partial charge in [-0.15, -0.1) is 10.2 Å². The van der Waals surface area contributed by atoms with Gasteiger partial charge in [-0.25, -0.2) is 0 Å². The molecule has 8 nitrogen and oxygen atoms in total. The van der Waals surface area contributed by atoms with Crippen molar-refractivity contribution in [1.29, 1.82) is 0 Å². The number of anilines is 1. The van der Waals surface area contributed by atoms with E-state index in [1.54, 1.807) is 48.5 Å². The van der Waals surface area contributed by atoms with E-state index in [2.05, 4.69) is 15.2 Å². The predicted molar refractivity (Wildman–Crippen MR) is 153 cm³/mol. The van der Waals surface area contributed by atoms with Gasteiger partial charge in [-0.1, -0.05) is 64.5 Å². The Hall–Kier alpha value is -3.44. The number of carbonyl (C=O) groups excluding carboxylic acids is 2. The average molecular weight is 600 g/mol. The summed E-state index contributed by atoms with van der Waals surface area (Å²) in [4.78, 5) is 31.9. The summed E-state index contributed by atoms with van der Waals surface area (Å²) in [7, 11) is 0. The number of benzene rings is 2. The standard InChI is InChI=1S/C27H20Cl2N4O4S2/c1-2-37-19-7-4-15(5-8-19)22-21(23(34)16-9-11-30-12-10-16)24(35)25(36)33(22)26-31-32-27(39-26)38-14-17-3-6-18(28)13-20(17)29/h3-13,22,34H,2,14H2,1H3. The molecule has 1 aliphatic rings. The number of nitrogens with zero attached hydrogens (tertiary/aromatic N) is 4. The third-order valence-electron chi connectivity index (χ3n) is 5.87. The highest BCUT2D eigenvalue weighted by Gasteiger charge is 2.48. The van der Waals surface area contributed by atoms with Crippen molar-refractivity contribution in [3.63, 3.8) is 0 Å². The van der Waals surface area contributed by atoms with Crippen LogP contribution < -0.4 is 9.64 Å². The molecule has 1 N–H and O–H groups in total. The minimum Gasteiger partial charge on any atom is -0.507 e. The fourth-order valence-electron chi connectivity index (χ4n) is 4.06. The molecule has 1 atom stereocenters. The van der Waals surface area contributed by atoms with Crippen LogP contribution in [0.25, 0.3) is 5.76 Å². The average Bonchev–Trinajstić information content (AvgIpc) is 3.51. The van der Waals surface area contributed by atoms with Crippen LogP contribution in [-0.2, 0) is 15.3 Å². The first-order valence-corrected chi connectivity index (χ1v) is 14.3. The van der Waals surface area contributed by atoms with Gasteiger partial charge in [0.25, 0.3) is 5.78 Å². The van der Waals surface area contributed by atoms with Crippen LogP contribution in [0.2, 0.25) is 10.0 Å². The molecular weight excluding hydrogens is 579 g/mol. The van der Waals surface area contributed by atoms with Crippen LogP contribution in [0.4, 0.5) is 5.13 Å². The molecule has 0 radical (unpaired) electrons. The lowest BCUT2D eigenvalue weighted by Crippen LogP contribution is -2.29. The number of halogens is 2. The lowest BCUT2D eigenvalue weighted by molar-refractivity contribution is -0.132. The van der Waals surface area contributed by atoms with Crippen molar-refractivity contribution in [2.75, 3.05) is 11.5 Å². The number of aromatic nitrogens is 3. The number of ketones is 1. The first-order chi connectivity index (χ1) is 18.9. The van der Waals surface area contributed by atoms with Crippen molar-refractivity contribution in [3.05, 3.63) is 99.3 Å². The summed E-state index contributed by atoms with van der Waals surface area (Å²) < 4.78 is 6.13. The maximum atomic E-state index is 13.4. The first-order valence-electron chi connectivity index (χ1n) is 11.7. The second-order valence-corrected chi connectivity index (χ2v) is 11.3. The Bertz CT molecular complexity index is 1560. The number of amides is 1. The predicted octanol–water partition coefficient (Wildman–Crippen LogP) is 6.56. The molecule has 1 unspecified atom stereocenters. The van der Waals surface area contributed by atoms with Crippen molar-refractivity contribution >= 4 is 68.9 Å². The summed E-state index contributed by atoms with van der Waals surface area (Å²) >= 11 is 14.8. The molecule has 1 amide bonds. The Morgan fingerprint density at radius 2 is 1.82 bits per heavy atom. The maximum absolute atomic E-state index is 13.4. The topological polar surface area (TPSA) is 106 Å². The minimum atomic E-state index is -0.926. The van der Waals surface area contributed by atoms with E-state index in [0.717, 1.165) is 5.56 Å². The Kier molecular flexibility index (Phi) is 8.18. The zero-order valence-electron chi connectivity index (χ0n) is 20.4. The maximum Gasteiger partial charge on any atom is 0.301 e. The molecule has 0 bridgehead atoms. The van der Waals surface area contributed by atoms with E-state index in [4.69, 9.17) is 27.9 Å². The molecule has 2 aromatic heterocycles. The summed E-state index contributed by atoms with van der Waals surface area (Å²) in [5.41, 5.74) is 1.79. The highest BCUT2D eigenvalue weighted by atomic mass is 35.5. The first kappa shape index (κ1) is 27.1.